The second-order valence-electron chi connectivity index (χ2n) is 9.41. The number of pyridine rings is 1. The summed E-state index contributed by atoms with van der Waals surface area (Å²) in [6, 6.07) is 2.11. The van der Waals surface area contributed by atoms with Crippen molar-refractivity contribution in [3.05, 3.63) is 40.0 Å². The molecule has 2 fully saturated rings. The maximum Gasteiger partial charge on any atom is 0.254 e. The van der Waals surface area contributed by atoms with Gasteiger partial charge in [0.1, 0.15) is 5.00 Å². The lowest BCUT2D eigenvalue weighted by Gasteiger charge is -2.25. The van der Waals surface area contributed by atoms with Gasteiger partial charge >= 0.3 is 0 Å². The molecule has 33 heavy (non-hydrogen) atoms. The van der Waals surface area contributed by atoms with Crippen LogP contribution < -0.4 is 21.3 Å². The van der Waals surface area contributed by atoms with Crippen molar-refractivity contribution in [2.24, 2.45) is 11.8 Å². The second kappa shape index (κ2) is 9.38. The van der Waals surface area contributed by atoms with Crippen LogP contribution in [-0.4, -0.2) is 34.5 Å². The molecule has 3 aliphatic carbocycles. The molecule has 5 rings (SSSR count). The molecule has 2 amide bonds. The molecule has 0 spiro atoms. The Morgan fingerprint density at radius 1 is 1.15 bits per heavy atom. The molecule has 9 heteroatoms. The first kappa shape index (κ1) is 22.3. The van der Waals surface area contributed by atoms with Crippen LogP contribution in [0.15, 0.2) is 18.5 Å². The van der Waals surface area contributed by atoms with E-state index in [1.54, 1.807) is 23.7 Å². The Morgan fingerprint density at radius 2 is 1.97 bits per heavy atom. The summed E-state index contributed by atoms with van der Waals surface area (Å²) >= 11 is 7.10. The molecule has 2 heterocycles. The maximum atomic E-state index is 13.2. The number of aromatic nitrogens is 1. The average Bonchev–Trinajstić information content (AvgIpc) is 3.69. The number of hydrogen-bond acceptors (Lipinski definition) is 5. The van der Waals surface area contributed by atoms with Gasteiger partial charge in [-0.2, -0.15) is 0 Å². The number of carbonyl (C=O) groups excluding carboxylic acids is 2. The molecule has 0 aliphatic heterocycles. The maximum absolute atomic E-state index is 13.2. The summed E-state index contributed by atoms with van der Waals surface area (Å²) in [5.41, 5.74) is 3.61. The van der Waals surface area contributed by atoms with Gasteiger partial charge in [-0.3, -0.25) is 14.6 Å². The van der Waals surface area contributed by atoms with Crippen molar-refractivity contribution >= 4 is 51.2 Å². The standard InChI is InChI=1S/C24H29N5O2S2/c1-13-8-17(12-25-10-13)28-24(32)27-16-6-7-19-18(9-16)20(22(31)26-11-14-2-3-14)23(33-19)29-21(30)15-4-5-15/h8,10,12,14-16H,2-7,9,11H2,1H3,(H,26,31)(H,29,30)(H2,27,28,32)/t16-/m1/s1. The minimum absolute atomic E-state index is 0.0386. The van der Waals surface area contributed by atoms with Gasteiger partial charge in [-0.05, 0) is 87.2 Å². The van der Waals surface area contributed by atoms with Crippen LogP contribution in [0.5, 0.6) is 0 Å². The largest absolute Gasteiger partial charge is 0.359 e. The molecule has 2 saturated carbocycles. The third kappa shape index (κ3) is 5.52. The predicted octanol–water partition coefficient (Wildman–Crippen LogP) is 3.78. The van der Waals surface area contributed by atoms with E-state index in [-0.39, 0.29) is 23.8 Å². The van der Waals surface area contributed by atoms with Gasteiger partial charge in [-0.1, -0.05) is 0 Å². The van der Waals surface area contributed by atoms with Crippen molar-refractivity contribution in [1.82, 2.24) is 15.6 Å². The number of anilines is 2. The van der Waals surface area contributed by atoms with Crippen molar-refractivity contribution in [1.29, 1.82) is 0 Å². The van der Waals surface area contributed by atoms with Gasteiger partial charge in [-0.15, -0.1) is 11.3 Å². The highest BCUT2D eigenvalue weighted by Crippen LogP contribution is 2.40. The fourth-order valence-corrected chi connectivity index (χ4v) is 5.75. The lowest BCUT2D eigenvalue weighted by atomic mass is 9.91. The summed E-state index contributed by atoms with van der Waals surface area (Å²) in [7, 11) is 0. The molecule has 2 aromatic heterocycles. The van der Waals surface area contributed by atoms with Gasteiger partial charge in [0.25, 0.3) is 5.91 Å². The number of thiocarbonyl (C=S) groups is 1. The summed E-state index contributed by atoms with van der Waals surface area (Å²) in [4.78, 5) is 31.0. The fraction of sp³-hybridized carbons (Fsp3) is 0.500. The molecule has 0 saturated heterocycles. The molecule has 0 bridgehead atoms. The SMILES string of the molecule is Cc1cncc(NC(=S)N[C@@H]2CCc3sc(NC(=O)C4CC4)c(C(=O)NCC4CC4)c3C2)c1. The number of thiophene rings is 1. The summed E-state index contributed by atoms with van der Waals surface area (Å²) in [6.07, 6.45) is 10.3. The van der Waals surface area contributed by atoms with E-state index < -0.39 is 0 Å². The summed E-state index contributed by atoms with van der Waals surface area (Å²) < 4.78 is 0. The van der Waals surface area contributed by atoms with E-state index in [2.05, 4.69) is 26.3 Å². The first-order valence-corrected chi connectivity index (χ1v) is 12.9. The Labute approximate surface area is 203 Å². The quantitative estimate of drug-likeness (QED) is 0.448. The van der Waals surface area contributed by atoms with Gasteiger partial charge in [-0.25, -0.2) is 0 Å². The number of fused-ring (bicyclic) bond motifs is 1. The molecule has 3 aliphatic rings. The van der Waals surface area contributed by atoms with Crippen LogP contribution >= 0.6 is 23.6 Å². The highest BCUT2D eigenvalue weighted by atomic mass is 32.1. The number of amides is 2. The average molecular weight is 484 g/mol. The van der Waals surface area contributed by atoms with E-state index >= 15 is 0 Å². The van der Waals surface area contributed by atoms with Crippen molar-refractivity contribution in [3.8, 4) is 0 Å². The van der Waals surface area contributed by atoms with Crippen LogP contribution in [0.3, 0.4) is 0 Å². The first-order chi connectivity index (χ1) is 16.0. The Balaban J connectivity index is 1.30. The van der Waals surface area contributed by atoms with Crippen LogP contribution in [0, 0.1) is 18.8 Å². The van der Waals surface area contributed by atoms with Gasteiger partial charge in [0.05, 0.1) is 17.4 Å². The third-order valence-electron chi connectivity index (χ3n) is 6.39. The summed E-state index contributed by atoms with van der Waals surface area (Å²) in [5, 5.41) is 14.0. The number of nitrogens with zero attached hydrogens (tertiary/aromatic N) is 1. The third-order valence-corrected chi connectivity index (χ3v) is 7.82. The summed E-state index contributed by atoms with van der Waals surface area (Å²) in [5.74, 6) is 0.664. The predicted molar refractivity (Wildman–Crippen MR) is 135 cm³/mol. The lowest BCUT2D eigenvalue weighted by molar-refractivity contribution is -0.117. The van der Waals surface area contributed by atoms with E-state index in [1.165, 1.54) is 17.7 Å². The van der Waals surface area contributed by atoms with Crippen molar-refractivity contribution in [3.63, 3.8) is 0 Å². The number of carbonyl (C=O) groups is 2. The van der Waals surface area contributed by atoms with Crippen molar-refractivity contribution in [2.45, 2.75) is 57.9 Å². The zero-order valence-corrected chi connectivity index (χ0v) is 20.3. The Bertz CT molecular complexity index is 1090. The topological polar surface area (TPSA) is 95.2 Å². The van der Waals surface area contributed by atoms with Crippen molar-refractivity contribution in [2.75, 3.05) is 17.2 Å². The van der Waals surface area contributed by atoms with E-state index in [0.29, 0.717) is 34.6 Å². The number of aryl methyl sites for hydroxylation is 2. The number of rotatable bonds is 7. The molecule has 7 nitrogen and oxygen atoms in total. The number of nitrogens with one attached hydrogen (secondary N) is 4. The van der Waals surface area contributed by atoms with Gasteiger partial charge in [0, 0.05) is 29.6 Å². The first-order valence-electron chi connectivity index (χ1n) is 11.7. The zero-order chi connectivity index (χ0) is 22.9. The highest BCUT2D eigenvalue weighted by Gasteiger charge is 2.34. The van der Waals surface area contributed by atoms with Gasteiger partial charge in [0.15, 0.2) is 5.11 Å². The molecule has 0 aromatic carbocycles. The number of hydrogen-bond donors (Lipinski definition) is 4. The van der Waals surface area contributed by atoms with Crippen LogP contribution in [0.4, 0.5) is 10.7 Å². The lowest BCUT2D eigenvalue weighted by Crippen LogP contribution is -2.41. The molecule has 2 aromatic rings. The van der Waals surface area contributed by atoms with E-state index in [1.807, 2.05) is 13.0 Å². The summed E-state index contributed by atoms with van der Waals surface area (Å²) in [6.45, 7) is 2.70. The fourth-order valence-electron chi connectivity index (χ4n) is 4.22. The van der Waals surface area contributed by atoms with Crippen LogP contribution in [-0.2, 0) is 17.6 Å². The molecule has 0 unspecified atom stereocenters. The molecule has 174 valence electrons. The Hall–Kier alpha value is -2.52. The minimum atomic E-state index is -0.0716. The van der Waals surface area contributed by atoms with Gasteiger partial charge in [0.2, 0.25) is 5.91 Å². The molecule has 0 radical (unpaired) electrons. The van der Waals surface area contributed by atoms with E-state index in [4.69, 9.17) is 12.2 Å². The zero-order valence-electron chi connectivity index (χ0n) is 18.7. The Kier molecular flexibility index (Phi) is 6.34. The van der Waals surface area contributed by atoms with E-state index in [9.17, 15) is 9.59 Å². The molecular weight excluding hydrogens is 454 g/mol. The smallest absolute Gasteiger partial charge is 0.254 e. The van der Waals surface area contributed by atoms with Gasteiger partial charge < -0.3 is 21.3 Å². The molecular formula is C24H29N5O2S2. The minimum Gasteiger partial charge on any atom is -0.359 e. The van der Waals surface area contributed by atoms with Crippen LogP contribution in [0.2, 0.25) is 0 Å². The van der Waals surface area contributed by atoms with Crippen LogP contribution in [0.1, 0.15) is 58.5 Å². The van der Waals surface area contributed by atoms with Crippen molar-refractivity contribution < 1.29 is 9.59 Å². The second-order valence-corrected chi connectivity index (χ2v) is 10.9. The molecule has 4 N–H and O–H groups in total. The van der Waals surface area contributed by atoms with Crippen LogP contribution in [0.25, 0.3) is 0 Å². The highest BCUT2D eigenvalue weighted by molar-refractivity contribution is 7.80. The normalized spacial score (nSPS) is 19.4. The Morgan fingerprint density at radius 3 is 2.70 bits per heavy atom. The monoisotopic (exact) mass is 483 g/mol. The van der Waals surface area contributed by atoms with E-state index in [0.717, 1.165) is 42.5 Å². The molecule has 1 atom stereocenters.